The number of benzene rings is 1. The molecule has 0 saturated heterocycles. The van der Waals surface area contributed by atoms with Gasteiger partial charge in [-0.3, -0.25) is 9.69 Å². The number of hydrogen-bond donors (Lipinski definition) is 0. The van der Waals surface area contributed by atoms with Gasteiger partial charge in [0, 0.05) is 10.6 Å². The third-order valence-electron chi connectivity index (χ3n) is 2.66. The Bertz CT molecular complexity index is 440. The van der Waals surface area contributed by atoms with Gasteiger partial charge < -0.3 is 0 Å². The van der Waals surface area contributed by atoms with E-state index in [-0.39, 0.29) is 16.4 Å². The molecule has 0 spiro atoms. The van der Waals surface area contributed by atoms with E-state index in [4.69, 9.17) is 23.2 Å². The van der Waals surface area contributed by atoms with Crippen molar-refractivity contribution < 1.29 is 13.6 Å². The lowest BCUT2D eigenvalue weighted by atomic mass is 10.0. The van der Waals surface area contributed by atoms with Crippen LogP contribution in [0.3, 0.4) is 0 Å². The Morgan fingerprint density at radius 1 is 1.39 bits per heavy atom. The second kappa shape index (κ2) is 6.45. The maximum atomic E-state index is 12.2. The molecule has 0 bridgehead atoms. The van der Waals surface area contributed by atoms with E-state index in [1.807, 2.05) is 0 Å². The summed E-state index contributed by atoms with van der Waals surface area (Å²) in [5.74, 6) is -0.306. The molecule has 0 amide bonds. The zero-order valence-corrected chi connectivity index (χ0v) is 11.5. The van der Waals surface area contributed by atoms with Crippen LogP contribution in [0.5, 0.6) is 0 Å². The molecule has 0 aliphatic carbocycles. The Hall–Kier alpha value is -0.710. The fourth-order valence-corrected chi connectivity index (χ4v) is 1.99. The van der Waals surface area contributed by atoms with Crippen molar-refractivity contribution in [1.29, 1.82) is 0 Å². The molecule has 1 atom stereocenters. The lowest BCUT2D eigenvalue weighted by molar-refractivity contribution is 0.0680. The number of carbonyl (C=O) groups is 1. The van der Waals surface area contributed by atoms with Crippen molar-refractivity contribution in [2.45, 2.75) is 19.4 Å². The van der Waals surface area contributed by atoms with Crippen LogP contribution in [0.4, 0.5) is 8.78 Å². The van der Waals surface area contributed by atoms with Gasteiger partial charge in [-0.2, -0.15) is 0 Å². The molecule has 1 unspecified atom stereocenters. The van der Waals surface area contributed by atoms with Gasteiger partial charge in [0.05, 0.1) is 17.6 Å². The van der Waals surface area contributed by atoms with E-state index < -0.39 is 19.0 Å². The second-order valence-electron chi connectivity index (χ2n) is 4.00. The van der Waals surface area contributed by atoms with Crippen LogP contribution in [0.15, 0.2) is 18.2 Å². The van der Waals surface area contributed by atoms with E-state index in [2.05, 4.69) is 0 Å². The third kappa shape index (κ3) is 3.90. The molecule has 2 nitrogen and oxygen atoms in total. The van der Waals surface area contributed by atoms with E-state index in [1.165, 1.54) is 24.1 Å². The Labute approximate surface area is 114 Å². The summed E-state index contributed by atoms with van der Waals surface area (Å²) in [6.07, 6.45) is -2.48. The number of ketones is 1. The minimum atomic E-state index is -2.48. The van der Waals surface area contributed by atoms with Gasteiger partial charge in [-0.15, -0.1) is 0 Å². The maximum absolute atomic E-state index is 12.2. The number of likely N-dealkylation sites (N-methyl/N-ethyl adjacent to an activating group) is 1. The molecule has 1 rings (SSSR count). The van der Waals surface area contributed by atoms with Crippen molar-refractivity contribution in [2.24, 2.45) is 0 Å². The van der Waals surface area contributed by atoms with E-state index in [1.54, 1.807) is 13.0 Å². The first kappa shape index (κ1) is 15.3. The van der Waals surface area contributed by atoms with Gasteiger partial charge in [-0.25, -0.2) is 8.78 Å². The molecule has 0 radical (unpaired) electrons. The Kier molecular flexibility index (Phi) is 5.50. The van der Waals surface area contributed by atoms with Crippen LogP contribution < -0.4 is 0 Å². The van der Waals surface area contributed by atoms with Crippen LogP contribution in [-0.2, 0) is 0 Å². The molecular weight excluding hydrogens is 283 g/mol. The average Bonchev–Trinajstić information content (AvgIpc) is 2.26. The largest absolute Gasteiger partial charge is 0.292 e. The van der Waals surface area contributed by atoms with Crippen molar-refractivity contribution in [3.8, 4) is 0 Å². The topological polar surface area (TPSA) is 20.3 Å². The van der Waals surface area contributed by atoms with Crippen LogP contribution in [-0.4, -0.2) is 36.7 Å². The highest BCUT2D eigenvalue weighted by Gasteiger charge is 2.23. The van der Waals surface area contributed by atoms with Gasteiger partial charge in [0.15, 0.2) is 5.78 Å². The Morgan fingerprint density at radius 2 is 2.00 bits per heavy atom. The first-order valence-corrected chi connectivity index (χ1v) is 6.06. The molecule has 0 fully saturated rings. The number of hydrogen-bond acceptors (Lipinski definition) is 2. The van der Waals surface area contributed by atoms with Crippen LogP contribution in [0.1, 0.15) is 17.3 Å². The normalized spacial score (nSPS) is 13.1. The zero-order chi connectivity index (χ0) is 13.9. The molecule has 1 aromatic rings. The number of Topliss-reactive ketones (excluding diaryl/α,β-unsaturated/α-hetero) is 1. The summed E-state index contributed by atoms with van der Waals surface area (Å²) in [5, 5.41) is 0.648. The van der Waals surface area contributed by atoms with Crippen molar-refractivity contribution >= 4 is 29.0 Å². The van der Waals surface area contributed by atoms with E-state index >= 15 is 0 Å². The van der Waals surface area contributed by atoms with Crippen LogP contribution >= 0.6 is 23.2 Å². The first-order valence-electron chi connectivity index (χ1n) is 5.30. The van der Waals surface area contributed by atoms with Gasteiger partial charge in [0.25, 0.3) is 6.43 Å². The summed E-state index contributed by atoms with van der Waals surface area (Å²) < 4.78 is 24.5. The average molecular weight is 296 g/mol. The SMILES string of the molecule is CC(C(=O)c1ccc(Cl)cc1Cl)N(C)CC(F)F. The van der Waals surface area contributed by atoms with Gasteiger partial charge in [-0.1, -0.05) is 23.2 Å². The molecule has 1 aromatic carbocycles. The molecule has 0 aliphatic rings. The van der Waals surface area contributed by atoms with Gasteiger partial charge in [0.1, 0.15) is 0 Å². The molecule has 0 N–H and O–H groups in total. The van der Waals surface area contributed by atoms with Crippen LogP contribution in [0.2, 0.25) is 10.0 Å². The standard InChI is InChI=1S/C12H13Cl2F2NO/c1-7(17(2)6-11(15)16)12(18)9-4-3-8(13)5-10(9)14/h3-5,7,11H,6H2,1-2H3. The van der Waals surface area contributed by atoms with E-state index in [0.717, 1.165) is 0 Å². The molecule has 6 heteroatoms. The predicted octanol–water partition coefficient (Wildman–Crippen LogP) is 3.76. The monoisotopic (exact) mass is 295 g/mol. The minimum absolute atomic E-state index is 0.227. The van der Waals surface area contributed by atoms with Crippen molar-refractivity contribution in [3.05, 3.63) is 33.8 Å². The fraction of sp³-hybridized carbons (Fsp3) is 0.417. The summed E-state index contributed by atoms with van der Waals surface area (Å²) in [6.45, 7) is 1.10. The lowest BCUT2D eigenvalue weighted by Gasteiger charge is -2.23. The summed E-state index contributed by atoms with van der Waals surface area (Å²) in [7, 11) is 1.47. The van der Waals surface area contributed by atoms with Crippen molar-refractivity contribution in [3.63, 3.8) is 0 Å². The molecular formula is C12H13Cl2F2NO. The van der Waals surface area contributed by atoms with Crippen LogP contribution in [0.25, 0.3) is 0 Å². The minimum Gasteiger partial charge on any atom is -0.292 e. The third-order valence-corrected chi connectivity index (χ3v) is 3.21. The van der Waals surface area contributed by atoms with Crippen molar-refractivity contribution in [2.75, 3.05) is 13.6 Å². The number of nitrogens with zero attached hydrogens (tertiary/aromatic N) is 1. The Morgan fingerprint density at radius 3 is 2.50 bits per heavy atom. The first-order chi connectivity index (χ1) is 8.32. The van der Waals surface area contributed by atoms with Gasteiger partial charge >= 0.3 is 0 Å². The van der Waals surface area contributed by atoms with E-state index in [0.29, 0.717) is 5.02 Å². The number of rotatable bonds is 5. The van der Waals surface area contributed by atoms with Gasteiger partial charge in [-0.05, 0) is 32.2 Å². The summed E-state index contributed by atoms with van der Waals surface area (Å²) in [5.41, 5.74) is 0.287. The fourth-order valence-electron chi connectivity index (χ4n) is 1.49. The highest BCUT2D eigenvalue weighted by Crippen LogP contribution is 2.23. The highest BCUT2D eigenvalue weighted by atomic mass is 35.5. The molecule has 0 heterocycles. The Balaban J connectivity index is 2.86. The zero-order valence-electron chi connectivity index (χ0n) is 9.96. The van der Waals surface area contributed by atoms with Crippen molar-refractivity contribution in [1.82, 2.24) is 4.90 Å². The van der Waals surface area contributed by atoms with E-state index in [9.17, 15) is 13.6 Å². The quantitative estimate of drug-likeness (QED) is 0.771. The molecule has 0 saturated carbocycles. The lowest BCUT2D eigenvalue weighted by Crippen LogP contribution is -2.39. The summed E-state index contributed by atoms with van der Waals surface area (Å²) in [4.78, 5) is 13.4. The second-order valence-corrected chi connectivity index (χ2v) is 4.84. The van der Waals surface area contributed by atoms with Gasteiger partial charge in [0.2, 0.25) is 0 Å². The molecule has 0 aliphatic heterocycles. The summed E-state index contributed by atoms with van der Waals surface area (Å²) >= 11 is 11.6. The number of halogens is 4. The molecule has 100 valence electrons. The predicted molar refractivity (Wildman–Crippen MR) is 68.9 cm³/mol. The smallest absolute Gasteiger partial charge is 0.251 e. The molecule has 18 heavy (non-hydrogen) atoms. The van der Waals surface area contributed by atoms with Crippen LogP contribution in [0, 0.1) is 0 Å². The number of carbonyl (C=O) groups excluding carboxylic acids is 1. The highest BCUT2D eigenvalue weighted by molar-refractivity contribution is 6.37. The molecule has 0 aromatic heterocycles. The summed E-state index contributed by atoms with van der Waals surface area (Å²) in [6, 6.07) is 3.83. The number of alkyl halides is 2. The maximum Gasteiger partial charge on any atom is 0.251 e.